The summed E-state index contributed by atoms with van der Waals surface area (Å²) in [4.78, 5) is 15.7. The molecule has 1 aliphatic carbocycles. The van der Waals surface area contributed by atoms with Gasteiger partial charge in [0.05, 0.1) is 12.2 Å². The Hall–Kier alpha value is -1.86. The van der Waals surface area contributed by atoms with Crippen molar-refractivity contribution in [3.8, 4) is 11.8 Å². The maximum atomic E-state index is 11.7. The predicted octanol–water partition coefficient (Wildman–Crippen LogP) is 0.708. The van der Waals surface area contributed by atoms with Crippen molar-refractivity contribution in [1.82, 2.24) is 10.3 Å². The number of nitrogens with one attached hydrogen (secondary N) is 1. The third-order valence-electron chi connectivity index (χ3n) is 2.38. The van der Waals surface area contributed by atoms with E-state index in [1.165, 1.54) is 6.20 Å². The van der Waals surface area contributed by atoms with Gasteiger partial charge in [-0.25, -0.2) is 0 Å². The summed E-state index contributed by atoms with van der Waals surface area (Å²) in [5.41, 5.74) is 1.23. The molecule has 4 nitrogen and oxygen atoms in total. The van der Waals surface area contributed by atoms with Gasteiger partial charge in [-0.15, -0.1) is 0 Å². The van der Waals surface area contributed by atoms with Crippen molar-refractivity contribution in [3.05, 3.63) is 29.6 Å². The lowest BCUT2D eigenvalue weighted by Crippen LogP contribution is -2.25. The monoisotopic (exact) mass is 230 g/mol. The van der Waals surface area contributed by atoms with Crippen LogP contribution < -0.4 is 5.32 Å². The highest BCUT2D eigenvalue weighted by Crippen LogP contribution is 2.19. The van der Waals surface area contributed by atoms with E-state index >= 15 is 0 Å². The molecule has 0 aliphatic heterocycles. The molecule has 0 bridgehead atoms. The van der Waals surface area contributed by atoms with E-state index in [0.29, 0.717) is 23.6 Å². The highest BCUT2D eigenvalue weighted by molar-refractivity contribution is 5.94. The van der Waals surface area contributed by atoms with Crippen molar-refractivity contribution >= 4 is 5.91 Å². The zero-order valence-electron chi connectivity index (χ0n) is 9.44. The van der Waals surface area contributed by atoms with Crippen LogP contribution in [0.4, 0.5) is 0 Å². The molecular weight excluding hydrogens is 216 g/mol. The summed E-state index contributed by atoms with van der Waals surface area (Å²) >= 11 is 0. The molecule has 1 fully saturated rings. The molecule has 2 rings (SSSR count). The largest absolute Gasteiger partial charge is 0.395 e. The first kappa shape index (κ1) is 11.6. The van der Waals surface area contributed by atoms with Gasteiger partial charge >= 0.3 is 0 Å². The molecule has 0 spiro atoms. The minimum atomic E-state index is -0.0918. The maximum Gasteiger partial charge on any atom is 0.253 e. The van der Waals surface area contributed by atoms with E-state index in [1.807, 2.05) is 0 Å². The molecule has 1 saturated carbocycles. The summed E-state index contributed by atoms with van der Waals surface area (Å²) in [6.07, 6.45) is 5.70. The van der Waals surface area contributed by atoms with E-state index in [4.69, 9.17) is 5.11 Å². The Bertz CT molecular complexity index is 470. The molecule has 1 amide bonds. The minimum Gasteiger partial charge on any atom is -0.395 e. The lowest BCUT2D eigenvalue weighted by Gasteiger charge is -2.02. The summed E-state index contributed by atoms with van der Waals surface area (Å²) in [5.74, 6) is 5.56. The highest BCUT2D eigenvalue weighted by atomic mass is 16.2. The van der Waals surface area contributed by atoms with Crippen LogP contribution in [0.2, 0.25) is 0 Å². The van der Waals surface area contributed by atoms with Crippen molar-refractivity contribution in [3.63, 3.8) is 0 Å². The second-order valence-corrected chi connectivity index (χ2v) is 3.99. The van der Waals surface area contributed by atoms with Crippen LogP contribution in [0.15, 0.2) is 18.5 Å². The van der Waals surface area contributed by atoms with Crippen molar-refractivity contribution in [1.29, 1.82) is 0 Å². The number of carbonyl (C=O) groups excluding carboxylic acids is 1. The normalized spacial score (nSPS) is 13.7. The van der Waals surface area contributed by atoms with Gasteiger partial charge in [-0.05, 0) is 18.9 Å². The highest BCUT2D eigenvalue weighted by Gasteiger charge is 2.23. The Labute approximate surface area is 100 Å². The van der Waals surface area contributed by atoms with Gasteiger partial charge < -0.3 is 10.4 Å². The van der Waals surface area contributed by atoms with Crippen molar-refractivity contribution in [2.24, 2.45) is 0 Å². The Balaban J connectivity index is 2.05. The molecule has 4 heteroatoms. The molecule has 88 valence electrons. The summed E-state index contributed by atoms with van der Waals surface area (Å²) < 4.78 is 0. The zero-order valence-corrected chi connectivity index (χ0v) is 9.44. The minimum absolute atomic E-state index is 0.0439. The van der Waals surface area contributed by atoms with Crippen LogP contribution in [0.3, 0.4) is 0 Å². The first-order valence-electron chi connectivity index (χ1n) is 5.65. The summed E-state index contributed by atoms with van der Waals surface area (Å²) in [6.45, 7) is 0.0439. The van der Waals surface area contributed by atoms with Crippen LogP contribution in [0, 0.1) is 11.8 Å². The number of rotatable bonds is 3. The number of carbonyl (C=O) groups is 1. The first-order valence-corrected chi connectivity index (χ1v) is 5.65. The molecule has 0 saturated heterocycles. The molecule has 1 aromatic heterocycles. The van der Waals surface area contributed by atoms with Crippen LogP contribution in [0.25, 0.3) is 0 Å². The number of amides is 1. The van der Waals surface area contributed by atoms with Crippen LogP contribution in [0.5, 0.6) is 0 Å². The van der Waals surface area contributed by atoms with E-state index in [0.717, 1.165) is 12.8 Å². The quantitative estimate of drug-likeness (QED) is 0.752. The van der Waals surface area contributed by atoms with Crippen LogP contribution in [0.1, 0.15) is 35.2 Å². The Morgan fingerprint density at radius 2 is 2.35 bits per heavy atom. The van der Waals surface area contributed by atoms with Crippen molar-refractivity contribution in [2.75, 3.05) is 6.61 Å². The molecule has 2 N–H and O–H groups in total. The SMILES string of the molecule is O=C(NC1CC1)c1cncc(C#CCCO)c1. The molecule has 0 unspecified atom stereocenters. The Kier molecular flexibility index (Phi) is 3.73. The first-order chi connectivity index (χ1) is 8.29. The average molecular weight is 230 g/mol. The third kappa shape index (κ3) is 3.58. The summed E-state index contributed by atoms with van der Waals surface area (Å²) in [7, 11) is 0. The molecule has 0 radical (unpaired) electrons. The van der Waals surface area contributed by atoms with Crippen molar-refractivity contribution < 1.29 is 9.90 Å². The number of hydrogen-bond acceptors (Lipinski definition) is 3. The van der Waals surface area contributed by atoms with Crippen LogP contribution in [-0.2, 0) is 0 Å². The lowest BCUT2D eigenvalue weighted by atomic mass is 10.2. The summed E-state index contributed by atoms with van der Waals surface area (Å²) in [6, 6.07) is 2.06. The van der Waals surface area contributed by atoms with Gasteiger partial charge in [-0.1, -0.05) is 11.8 Å². The van der Waals surface area contributed by atoms with Crippen LogP contribution in [-0.4, -0.2) is 28.6 Å². The fourth-order valence-electron chi connectivity index (χ4n) is 1.35. The van der Waals surface area contributed by atoms with Gasteiger partial charge in [0.15, 0.2) is 0 Å². The predicted molar refractivity (Wildman–Crippen MR) is 63.3 cm³/mol. The number of aliphatic hydroxyl groups excluding tert-OH is 1. The van der Waals surface area contributed by atoms with E-state index in [1.54, 1.807) is 12.3 Å². The standard InChI is InChI=1S/C13H14N2O2/c16-6-2-1-3-10-7-11(9-14-8-10)13(17)15-12-4-5-12/h7-9,12,16H,2,4-6H2,(H,15,17). The third-order valence-corrected chi connectivity index (χ3v) is 2.38. The topological polar surface area (TPSA) is 62.2 Å². The molecule has 1 aromatic rings. The Morgan fingerprint density at radius 3 is 3.06 bits per heavy atom. The van der Waals surface area contributed by atoms with Crippen molar-refractivity contribution in [2.45, 2.75) is 25.3 Å². The van der Waals surface area contributed by atoms with Gasteiger partial charge in [0, 0.05) is 30.4 Å². The molecule has 0 atom stereocenters. The average Bonchev–Trinajstić information content (AvgIpc) is 3.14. The molecule has 1 heterocycles. The number of nitrogens with zero attached hydrogens (tertiary/aromatic N) is 1. The Morgan fingerprint density at radius 1 is 1.53 bits per heavy atom. The smallest absolute Gasteiger partial charge is 0.253 e. The molecule has 17 heavy (non-hydrogen) atoms. The lowest BCUT2D eigenvalue weighted by molar-refractivity contribution is 0.0950. The van der Waals surface area contributed by atoms with Crippen LogP contribution >= 0.6 is 0 Å². The van der Waals surface area contributed by atoms with Gasteiger partial charge in [0.2, 0.25) is 0 Å². The zero-order chi connectivity index (χ0) is 12.1. The number of pyridine rings is 1. The van der Waals surface area contributed by atoms with E-state index in [9.17, 15) is 4.79 Å². The summed E-state index contributed by atoms with van der Waals surface area (Å²) in [5, 5.41) is 11.5. The van der Waals surface area contributed by atoms with E-state index in [2.05, 4.69) is 22.1 Å². The van der Waals surface area contributed by atoms with E-state index in [-0.39, 0.29) is 12.5 Å². The molecule has 0 aromatic carbocycles. The van der Waals surface area contributed by atoms with Gasteiger partial charge in [-0.2, -0.15) is 0 Å². The molecular formula is C13H14N2O2. The number of hydrogen-bond donors (Lipinski definition) is 2. The van der Waals surface area contributed by atoms with Gasteiger partial charge in [-0.3, -0.25) is 9.78 Å². The number of aliphatic hydroxyl groups is 1. The fraction of sp³-hybridized carbons (Fsp3) is 0.385. The van der Waals surface area contributed by atoms with Gasteiger partial charge in [0.25, 0.3) is 5.91 Å². The second-order valence-electron chi connectivity index (χ2n) is 3.99. The van der Waals surface area contributed by atoms with Gasteiger partial charge in [0.1, 0.15) is 0 Å². The maximum absolute atomic E-state index is 11.7. The van der Waals surface area contributed by atoms with E-state index < -0.39 is 0 Å². The second kappa shape index (κ2) is 5.46. The fourth-order valence-corrected chi connectivity index (χ4v) is 1.35. The molecule has 1 aliphatic rings. The number of aromatic nitrogens is 1.